The van der Waals surface area contributed by atoms with Crippen LogP contribution in [0.25, 0.3) is 0 Å². The minimum Gasteiger partial charge on any atom is -0.391 e. The van der Waals surface area contributed by atoms with E-state index in [1.807, 2.05) is 4.98 Å². The summed E-state index contributed by atoms with van der Waals surface area (Å²) in [5.74, 6) is -12.5. The molecule has 408 valence electrons. The molecule has 73 heavy (non-hydrogen) atoms. The Balaban J connectivity index is 3.23. The van der Waals surface area contributed by atoms with Crippen molar-refractivity contribution >= 4 is 96.1 Å². The van der Waals surface area contributed by atoms with Crippen LogP contribution in [0.2, 0.25) is 0 Å². The molecule has 0 unspecified atom stereocenters. The lowest BCUT2D eigenvalue weighted by atomic mass is 10.1. The number of primary amides is 2. The summed E-state index contributed by atoms with van der Waals surface area (Å²) in [6.45, 7) is 4.28. The van der Waals surface area contributed by atoms with E-state index in [9.17, 15) is 77.3 Å². The van der Waals surface area contributed by atoms with E-state index in [1.54, 1.807) is 0 Å². The minimum atomic E-state index is -1.87. The molecule has 12 amide bonds. The van der Waals surface area contributed by atoms with Crippen LogP contribution in [0.5, 0.6) is 0 Å². The number of hydrogen-bond donors (Lipinski definition) is 17. The Kier molecular flexibility index (Phi) is 26.9. The van der Waals surface area contributed by atoms with E-state index >= 15 is 0 Å². The maximum atomic E-state index is 14.0. The number of aromatic amines is 1. The van der Waals surface area contributed by atoms with E-state index in [4.69, 9.17) is 17.2 Å². The molecule has 0 spiro atoms. The topological polar surface area (TPSA) is 490 Å². The molecule has 33 heteroatoms. The molecule has 1 rings (SSSR count). The number of amides is 12. The normalized spacial score (nSPS) is 15.0. The van der Waals surface area contributed by atoms with Gasteiger partial charge in [-0.15, -0.1) is 0 Å². The highest BCUT2D eigenvalue weighted by Gasteiger charge is 2.36. The van der Waals surface area contributed by atoms with E-state index < -0.39 is 188 Å². The van der Waals surface area contributed by atoms with Crippen molar-refractivity contribution < 1.29 is 67.7 Å². The SMILES string of the molecule is Cc1cn(CC(=O)N(CCNC(=O)[C@H](C)NC(=O)CNC(=O)[C@H](C)NC(=O)[C@@H](NC(=O)CN)[C@@H](C)O)[C@@H](CC(N)=O)C(=O)N[C@@H](CS)C(=O)N[C@@H](C)C(=O)N[C@@H](CS)C(=O)N[C@H](C(N)=O)[C@@H](C)O)c(=O)[nH]c1=O. The molecule has 1 heterocycles. The van der Waals surface area contributed by atoms with E-state index in [1.165, 1.54) is 41.5 Å². The number of H-pyrrole nitrogens is 1. The summed E-state index contributed by atoms with van der Waals surface area (Å²) in [5.41, 5.74) is 14.1. The van der Waals surface area contributed by atoms with Crippen LogP contribution in [-0.4, -0.2) is 194 Å². The number of aliphatic hydroxyl groups is 2. The lowest BCUT2D eigenvalue weighted by molar-refractivity contribution is -0.143. The van der Waals surface area contributed by atoms with Crippen LogP contribution in [0, 0.1) is 6.92 Å². The number of nitrogens with two attached hydrogens (primary N) is 3. The van der Waals surface area contributed by atoms with Gasteiger partial charge in [0.1, 0.15) is 54.9 Å². The molecule has 0 saturated heterocycles. The fourth-order valence-corrected chi connectivity index (χ4v) is 6.63. The predicted molar refractivity (Wildman–Crippen MR) is 261 cm³/mol. The summed E-state index contributed by atoms with van der Waals surface area (Å²) < 4.78 is 0.783. The van der Waals surface area contributed by atoms with Gasteiger partial charge in [-0.3, -0.25) is 71.9 Å². The Hall–Kier alpha value is -7.10. The summed E-state index contributed by atoms with van der Waals surface area (Å²) in [7, 11) is 0. The zero-order valence-corrected chi connectivity index (χ0v) is 42.4. The Morgan fingerprint density at radius 1 is 0.658 bits per heavy atom. The molecular weight excluding hydrogens is 1010 g/mol. The molecule has 0 aliphatic heterocycles. The van der Waals surface area contributed by atoms with Gasteiger partial charge in [0.2, 0.25) is 70.9 Å². The van der Waals surface area contributed by atoms with E-state index in [-0.39, 0.29) is 11.3 Å². The van der Waals surface area contributed by atoms with E-state index in [2.05, 4.69) is 73.1 Å². The lowest BCUT2D eigenvalue weighted by Gasteiger charge is -2.32. The van der Waals surface area contributed by atoms with Gasteiger partial charge in [-0.1, -0.05) is 0 Å². The average Bonchev–Trinajstić information content (AvgIpc) is 3.31. The first-order valence-corrected chi connectivity index (χ1v) is 23.4. The van der Waals surface area contributed by atoms with Crippen molar-refractivity contribution in [2.24, 2.45) is 17.2 Å². The second kappa shape index (κ2) is 30.7. The molecule has 0 aliphatic rings. The number of carbonyl (C=O) groups excluding carboxylic acids is 12. The lowest BCUT2D eigenvalue weighted by Crippen LogP contribution is -2.60. The average molecular weight is 1080 g/mol. The first-order chi connectivity index (χ1) is 34.0. The fraction of sp³-hybridized carbons (Fsp3) is 0.600. The molecule has 0 aliphatic carbocycles. The molecule has 18 N–H and O–H groups in total. The third-order valence-electron chi connectivity index (χ3n) is 10.2. The minimum absolute atomic E-state index is 0.00808. The Morgan fingerprint density at radius 2 is 1.16 bits per heavy atom. The highest BCUT2D eigenvalue weighted by Crippen LogP contribution is 2.09. The molecular formula is C40H65N15O16S2. The maximum absolute atomic E-state index is 14.0. The van der Waals surface area contributed by atoms with Gasteiger partial charge >= 0.3 is 5.69 Å². The molecule has 0 radical (unpaired) electrons. The quantitative estimate of drug-likeness (QED) is 0.0318. The molecule has 0 bridgehead atoms. The Bertz CT molecular complexity index is 2330. The number of aliphatic hydroxyl groups excluding tert-OH is 2. The number of thiol groups is 2. The van der Waals surface area contributed by atoms with Crippen molar-refractivity contribution in [1.82, 2.24) is 62.3 Å². The summed E-state index contributed by atoms with van der Waals surface area (Å²) in [5, 5.41) is 40.2. The predicted octanol–water partition coefficient (Wildman–Crippen LogP) is -10.3. The first kappa shape index (κ1) is 63.9. The third kappa shape index (κ3) is 21.3. The number of aromatic nitrogens is 2. The van der Waals surface area contributed by atoms with Gasteiger partial charge < -0.3 is 80.2 Å². The van der Waals surface area contributed by atoms with Crippen LogP contribution >= 0.6 is 25.3 Å². The van der Waals surface area contributed by atoms with Gasteiger partial charge in [-0.25, -0.2) is 4.79 Å². The van der Waals surface area contributed by atoms with E-state index in [0.29, 0.717) is 0 Å². The van der Waals surface area contributed by atoms with Gasteiger partial charge in [-0.2, -0.15) is 25.3 Å². The van der Waals surface area contributed by atoms with Crippen molar-refractivity contribution in [3.8, 4) is 0 Å². The van der Waals surface area contributed by atoms with Crippen LogP contribution in [0.15, 0.2) is 15.8 Å². The zero-order valence-electron chi connectivity index (χ0n) is 40.6. The van der Waals surface area contributed by atoms with Crippen LogP contribution in [0.4, 0.5) is 0 Å². The van der Waals surface area contributed by atoms with Crippen molar-refractivity contribution in [3.63, 3.8) is 0 Å². The standard InChI is InChI=1S/C40H65N15O16S2/c1-16-12-54(40(71)53-32(16)63)13-28(61)55(8-7-44-33(64)17(2)46-27(60)11-45-34(65)18(3)48-39(70)30(21(6)57)51-26(59)10-41)24(9-25(42)58)38(69)50-22(14-72)36(67)47-19(4)35(66)49-23(15-73)37(68)52-29(20(5)56)31(43)62/h12,17-24,29-30,56-57,72-73H,7-11,13-15,41H2,1-6H3,(H2,42,58)(H2,43,62)(H,44,64)(H,45,65)(H,46,60)(H,47,67)(H,48,70)(H,49,66)(H,50,69)(H,51,59)(H,52,68)(H,53,63,71)/t17-,18-,19-,20+,21+,22-,23-,24-,29-,30-/m0/s1. The molecule has 1 aromatic heterocycles. The third-order valence-corrected chi connectivity index (χ3v) is 11.0. The smallest absolute Gasteiger partial charge is 0.328 e. The highest BCUT2D eigenvalue weighted by molar-refractivity contribution is 7.80. The molecule has 0 saturated carbocycles. The van der Waals surface area contributed by atoms with Crippen LogP contribution in [0.1, 0.15) is 46.6 Å². The van der Waals surface area contributed by atoms with Crippen molar-refractivity contribution in [1.29, 1.82) is 0 Å². The number of nitrogens with zero attached hydrogens (tertiary/aromatic N) is 2. The van der Waals surface area contributed by atoms with Gasteiger partial charge in [0.05, 0.1) is 31.7 Å². The second-order valence-corrected chi connectivity index (χ2v) is 17.1. The summed E-state index contributed by atoms with van der Waals surface area (Å²) in [6.07, 6.45) is -2.63. The maximum Gasteiger partial charge on any atom is 0.328 e. The number of nitrogens with one attached hydrogen (secondary N) is 10. The van der Waals surface area contributed by atoms with Crippen molar-refractivity contribution in [2.45, 2.75) is 115 Å². The van der Waals surface area contributed by atoms with Crippen LogP contribution in [-0.2, 0) is 64.1 Å². The monoisotopic (exact) mass is 1080 g/mol. The van der Waals surface area contributed by atoms with Crippen molar-refractivity contribution in [2.75, 3.05) is 37.7 Å². The molecule has 10 atom stereocenters. The van der Waals surface area contributed by atoms with E-state index in [0.717, 1.165) is 15.7 Å². The number of rotatable bonds is 30. The summed E-state index contributed by atoms with van der Waals surface area (Å²) >= 11 is 8.13. The highest BCUT2D eigenvalue weighted by atomic mass is 32.1. The number of carbonyl (C=O) groups is 12. The molecule has 31 nitrogen and oxygen atoms in total. The van der Waals surface area contributed by atoms with Gasteiger partial charge in [0.25, 0.3) is 5.56 Å². The molecule has 0 fully saturated rings. The first-order valence-electron chi connectivity index (χ1n) is 22.1. The van der Waals surface area contributed by atoms with Gasteiger partial charge in [-0.05, 0) is 41.5 Å². The number of hydrogen-bond acceptors (Lipinski definition) is 19. The second-order valence-electron chi connectivity index (χ2n) is 16.3. The molecule has 1 aromatic rings. The largest absolute Gasteiger partial charge is 0.391 e. The molecule has 0 aromatic carbocycles. The van der Waals surface area contributed by atoms with Crippen molar-refractivity contribution in [3.05, 3.63) is 32.6 Å². The Morgan fingerprint density at radius 3 is 1.68 bits per heavy atom. The summed E-state index contributed by atoms with van der Waals surface area (Å²) in [4.78, 5) is 181. The van der Waals surface area contributed by atoms with Gasteiger partial charge in [0, 0.05) is 36.4 Å². The van der Waals surface area contributed by atoms with Gasteiger partial charge in [0.15, 0.2) is 0 Å². The Labute approximate surface area is 427 Å². The van der Waals surface area contributed by atoms with Crippen LogP contribution in [0.3, 0.4) is 0 Å². The van der Waals surface area contributed by atoms with Crippen LogP contribution < -0.4 is 76.3 Å². The number of aryl methyl sites for hydroxylation is 1. The zero-order chi connectivity index (χ0) is 56.0. The summed E-state index contributed by atoms with van der Waals surface area (Å²) in [6, 6.07) is -11.8. The fourth-order valence-electron chi connectivity index (χ4n) is 6.12.